The first-order valence-electron chi connectivity index (χ1n) is 0.894. The minimum absolute atomic E-state index is 0. The summed E-state index contributed by atoms with van der Waals surface area (Å²) in [5.41, 5.74) is 0. The first kappa shape index (κ1) is 58.4. The Hall–Kier alpha value is 3.39. The van der Waals surface area contributed by atoms with Gasteiger partial charge in [-0.25, -0.2) is 0 Å². The summed E-state index contributed by atoms with van der Waals surface area (Å²) in [7, 11) is 0. The van der Waals surface area contributed by atoms with E-state index in [1.165, 1.54) is 0 Å². The van der Waals surface area contributed by atoms with Crippen LogP contribution in [0.2, 0.25) is 0 Å². The van der Waals surface area contributed by atoms with Crippen molar-refractivity contribution in [1.82, 2.24) is 0 Å². The predicted molar refractivity (Wildman–Crippen MR) is 19.9 cm³/mol. The van der Waals surface area contributed by atoms with E-state index >= 15 is 0 Å². The molecule has 0 saturated heterocycles. The van der Waals surface area contributed by atoms with Gasteiger partial charge in [-0.3, -0.25) is 0 Å². The molecule has 0 aromatic carbocycles. The Labute approximate surface area is 212 Å². The Bertz CT molecular complexity index is 65.3. The van der Waals surface area contributed by atoms with Crippen molar-refractivity contribution in [3.05, 3.63) is 26.3 Å². The molecule has 0 atom stereocenters. The third-order valence-corrected chi connectivity index (χ3v) is 0. The van der Waals surface area contributed by atoms with E-state index in [1.54, 1.807) is 0 Å². The molecule has 0 unspecified atom stereocenters. The molecule has 50 valence electrons. The van der Waals surface area contributed by atoms with Gasteiger partial charge in [0.25, 0.3) is 0 Å². The second kappa shape index (κ2) is 225. The van der Waals surface area contributed by atoms with Gasteiger partial charge in [-0.15, -0.1) is 0 Å². The average Bonchev–Trinajstić information content (AvgIpc) is 2.03. The second-order valence-electron chi connectivity index (χ2n) is 0. The molecule has 0 rings (SSSR count). The molecule has 0 amide bonds. The molecular formula is C4CuK3N4. The Balaban J connectivity index is -0.00000000267. The van der Waals surface area contributed by atoms with E-state index in [9.17, 15) is 0 Å². The van der Waals surface area contributed by atoms with E-state index in [0.29, 0.717) is 0 Å². The molecule has 0 radical (unpaired) electrons. The fourth-order valence-electron chi connectivity index (χ4n) is 0. The fraction of sp³-hybridized carbons (Fsp3) is 0. The average molecular weight is 285 g/mol. The van der Waals surface area contributed by atoms with Crippen LogP contribution in [0.1, 0.15) is 0 Å². The van der Waals surface area contributed by atoms with Gasteiger partial charge in [0.2, 0.25) is 0 Å². The summed E-state index contributed by atoms with van der Waals surface area (Å²) in [5, 5.41) is 25.0. The molecule has 0 aromatic rings. The van der Waals surface area contributed by atoms with Gasteiger partial charge in [-0.2, -0.15) is 0 Å². The molecule has 12 heavy (non-hydrogen) atoms. The standard InChI is InChI=1S/4CN.Cu.3K/c4*1-2;;;;/q4*-1;4*+1. The van der Waals surface area contributed by atoms with E-state index in [4.69, 9.17) is 47.3 Å². The maximum Gasteiger partial charge on any atom is 1.00 e. The summed E-state index contributed by atoms with van der Waals surface area (Å²) >= 11 is 0. The van der Waals surface area contributed by atoms with Gasteiger partial charge in [-0.05, 0) is 0 Å². The van der Waals surface area contributed by atoms with Crippen LogP contribution in [0.25, 0.3) is 0 Å². The van der Waals surface area contributed by atoms with Crippen LogP contribution in [0.5, 0.6) is 0 Å². The van der Waals surface area contributed by atoms with Crippen molar-refractivity contribution < 1.29 is 171 Å². The van der Waals surface area contributed by atoms with Crippen LogP contribution in [-0.4, -0.2) is 0 Å². The topological polar surface area (TPSA) is 95.2 Å². The maximum atomic E-state index is 6.25. The number of hydrogen-bond acceptors (Lipinski definition) is 4. The van der Waals surface area contributed by atoms with Crippen LogP contribution in [-0.2, 0) is 17.1 Å². The molecule has 8 heteroatoms. The molecule has 0 aliphatic rings. The van der Waals surface area contributed by atoms with Crippen molar-refractivity contribution in [2.75, 3.05) is 0 Å². The first-order chi connectivity index (χ1) is 4.00. The first-order valence-corrected chi connectivity index (χ1v) is 0.894. The van der Waals surface area contributed by atoms with Crippen LogP contribution in [0.3, 0.4) is 0 Å². The summed E-state index contributed by atoms with van der Waals surface area (Å²) in [6.07, 6.45) is 0. The molecule has 0 fully saturated rings. The molecule has 0 aromatic heterocycles. The molecule has 4 nitrogen and oxygen atoms in total. The Morgan fingerprint density at radius 2 is 0.417 bits per heavy atom. The third-order valence-electron chi connectivity index (χ3n) is 0. The molecule has 0 N–H and O–H groups in total. The van der Waals surface area contributed by atoms with Crippen molar-refractivity contribution in [3.8, 4) is 0 Å². The third kappa shape index (κ3) is 179. The number of rotatable bonds is 0. The molecule has 0 heterocycles. The van der Waals surface area contributed by atoms with E-state index in [0.717, 1.165) is 0 Å². The van der Waals surface area contributed by atoms with E-state index < -0.39 is 0 Å². The second-order valence-corrected chi connectivity index (χ2v) is 0. The van der Waals surface area contributed by atoms with Crippen LogP contribution in [0.15, 0.2) is 0 Å². The molecule has 0 spiro atoms. The van der Waals surface area contributed by atoms with Crippen molar-refractivity contribution in [3.63, 3.8) is 0 Å². The summed E-state index contributed by atoms with van der Waals surface area (Å²) in [6, 6.07) is 0. The smallest absolute Gasteiger partial charge is 0.512 e. The summed E-state index contributed by atoms with van der Waals surface area (Å²) < 4.78 is 0. The van der Waals surface area contributed by atoms with Gasteiger partial charge in [0.15, 0.2) is 0 Å². The van der Waals surface area contributed by atoms with Gasteiger partial charge in [0.05, 0.1) is 0 Å². The molecule has 0 bridgehead atoms. The minimum atomic E-state index is 0. The zero-order valence-corrected chi connectivity index (χ0v) is 17.4. The van der Waals surface area contributed by atoms with Crippen molar-refractivity contribution in [2.24, 2.45) is 0 Å². The van der Waals surface area contributed by atoms with Crippen LogP contribution in [0, 0.1) is 47.3 Å². The largest absolute Gasteiger partial charge is 1.00 e. The van der Waals surface area contributed by atoms with Crippen molar-refractivity contribution >= 4 is 0 Å². The molecular weight excluding hydrogens is 285 g/mol. The number of hydrogen-bond donors (Lipinski definition) is 0. The Morgan fingerprint density at radius 1 is 0.417 bits per heavy atom. The Kier molecular flexibility index (Phi) is 1090. The molecule has 0 aliphatic carbocycles. The minimum Gasteiger partial charge on any atom is -0.512 e. The van der Waals surface area contributed by atoms with Crippen LogP contribution < -0.4 is 154 Å². The summed E-state index contributed by atoms with van der Waals surface area (Å²) in [4.78, 5) is 0. The maximum absolute atomic E-state index is 6.25. The van der Waals surface area contributed by atoms with Crippen LogP contribution >= 0.6 is 0 Å². The normalized spacial score (nSPS) is 0.667. The monoisotopic (exact) mass is 284 g/mol. The van der Waals surface area contributed by atoms with E-state index in [-0.39, 0.29) is 171 Å². The summed E-state index contributed by atoms with van der Waals surface area (Å²) in [5.74, 6) is 0. The zero-order valence-electron chi connectivity index (χ0n) is 7.09. The van der Waals surface area contributed by atoms with Crippen molar-refractivity contribution in [2.45, 2.75) is 0 Å². The van der Waals surface area contributed by atoms with Gasteiger partial charge in [-0.1, -0.05) is 0 Å². The quantitative estimate of drug-likeness (QED) is 0.326. The van der Waals surface area contributed by atoms with Gasteiger partial charge >= 0.3 is 171 Å². The molecule has 0 saturated carbocycles. The zero-order chi connectivity index (χ0) is 8.00. The van der Waals surface area contributed by atoms with E-state index in [1.807, 2.05) is 0 Å². The SMILES string of the molecule is [C-]#N.[C-]#N.[C-]#N.[C-]#N.[Cu+].[K+].[K+].[K+]. The predicted octanol–water partition coefficient (Wildman–Crippen LogP) is -8.61. The van der Waals surface area contributed by atoms with E-state index in [2.05, 4.69) is 0 Å². The summed E-state index contributed by atoms with van der Waals surface area (Å²) in [6.45, 7) is 19.0. The van der Waals surface area contributed by atoms with Crippen molar-refractivity contribution in [1.29, 1.82) is 21.0 Å². The Morgan fingerprint density at radius 3 is 0.417 bits per heavy atom. The van der Waals surface area contributed by atoms with Gasteiger partial charge < -0.3 is 47.3 Å². The van der Waals surface area contributed by atoms with Crippen LogP contribution in [0.4, 0.5) is 0 Å². The van der Waals surface area contributed by atoms with Gasteiger partial charge in [0.1, 0.15) is 0 Å². The number of nitrogens with zero attached hydrogens (tertiary/aromatic N) is 4. The molecule has 0 aliphatic heterocycles. The van der Waals surface area contributed by atoms with Gasteiger partial charge in [0, 0.05) is 0 Å². The fourth-order valence-corrected chi connectivity index (χ4v) is 0.